The van der Waals surface area contributed by atoms with Crippen molar-refractivity contribution >= 4 is 22.4 Å². The average Bonchev–Trinajstić information content (AvgIpc) is 3.63. The predicted octanol–water partition coefficient (Wildman–Crippen LogP) is 7.48. The van der Waals surface area contributed by atoms with E-state index in [0.29, 0.717) is 24.4 Å². The van der Waals surface area contributed by atoms with E-state index in [9.17, 15) is 9.90 Å². The first kappa shape index (κ1) is 28.4. The van der Waals surface area contributed by atoms with Crippen LogP contribution < -0.4 is 9.61 Å². The Morgan fingerprint density at radius 3 is 1.93 bits per heavy atom. The number of nitrogens with zero attached hydrogens (tertiary/aromatic N) is 3. The Kier molecular flexibility index (Phi) is 7.76. The van der Waals surface area contributed by atoms with Gasteiger partial charge in [-0.1, -0.05) is 114 Å². The van der Waals surface area contributed by atoms with E-state index in [1.165, 1.54) is 0 Å². The Labute approximate surface area is 265 Å². The van der Waals surface area contributed by atoms with Crippen molar-refractivity contribution in [1.82, 2.24) is 14.1 Å². The van der Waals surface area contributed by atoms with E-state index < -0.39 is 5.54 Å². The molecule has 7 rings (SSSR count). The molecule has 0 radical (unpaired) electrons. The van der Waals surface area contributed by atoms with E-state index in [4.69, 9.17) is 4.74 Å². The number of pyridine rings is 1. The monoisotopic (exact) mass is 609 g/mol. The predicted molar refractivity (Wildman–Crippen MR) is 179 cm³/mol. The molecule has 0 bridgehead atoms. The fraction of sp³-hybridized carbons (Fsp3) is 0.105. The number of thiazole rings is 1. The highest BCUT2D eigenvalue weighted by molar-refractivity contribution is 7.09. The molecule has 45 heavy (non-hydrogen) atoms. The maximum Gasteiger partial charge on any atom is 0.311 e. The maximum atomic E-state index is 14.0. The van der Waals surface area contributed by atoms with Crippen LogP contribution >= 0.6 is 11.3 Å². The summed E-state index contributed by atoms with van der Waals surface area (Å²) >= 11 is 1.08. The number of rotatable bonds is 10. The van der Waals surface area contributed by atoms with Gasteiger partial charge < -0.3 is 14.4 Å². The zero-order valence-corrected chi connectivity index (χ0v) is 25.3. The number of hydrogen-bond donors (Lipinski definition) is 1. The van der Waals surface area contributed by atoms with Crippen molar-refractivity contribution in [3.63, 3.8) is 0 Å². The molecule has 0 saturated carbocycles. The van der Waals surface area contributed by atoms with Crippen molar-refractivity contribution in [2.75, 3.05) is 6.61 Å². The fourth-order valence-electron chi connectivity index (χ4n) is 6.10. The first-order valence-corrected chi connectivity index (χ1v) is 15.7. The number of aromatic hydroxyl groups is 1. The van der Waals surface area contributed by atoms with Gasteiger partial charge in [0.25, 0.3) is 0 Å². The van der Waals surface area contributed by atoms with Crippen LogP contribution in [0.2, 0.25) is 0 Å². The van der Waals surface area contributed by atoms with E-state index >= 15 is 0 Å². The molecule has 0 unspecified atom stereocenters. The van der Waals surface area contributed by atoms with Crippen LogP contribution in [0.15, 0.2) is 151 Å². The summed E-state index contributed by atoms with van der Waals surface area (Å²) in [5.74, 6) is 0.726. The summed E-state index contributed by atoms with van der Waals surface area (Å²) in [6.07, 6.45) is 4.23. The third kappa shape index (κ3) is 5.32. The second-order valence-electron chi connectivity index (χ2n) is 10.9. The molecule has 3 heterocycles. The van der Waals surface area contributed by atoms with Crippen molar-refractivity contribution in [2.24, 2.45) is 0 Å². The summed E-state index contributed by atoms with van der Waals surface area (Å²) in [4.78, 5) is 18.8. The molecule has 3 aromatic heterocycles. The van der Waals surface area contributed by atoms with Crippen LogP contribution in [0.3, 0.4) is 0 Å². The summed E-state index contributed by atoms with van der Waals surface area (Å²) in [6.45, 7) is 1.19. The largest absolute Gasteiger partial charge is 0.494 e. The Bertz CT molecular complexity index is 1990. The van der Waals surface area contributed by atoms with Gasteiger partial charge in [0, 0.05) is 24.2 Å². The molecular formula is C38H31N3O3S. The lowest BCUT2D eigenvalue weighted by Gasteiger charge is -2.37. The Morgan fingerprint density at radius 1 is 0.733 bits per heavy atom. The molecule has 0 amide bonds. The molecule has 0 fully saturated rings. The molecule has 4 aromatic carbocycles. The van der Waals surface area contributed by atoms with Gasteiger partial charge in [-0.15, -0.1) is 0 Å². The lowest BCUT2D eigenvalue weighted by molar-refractivity contribution is 0.300. The zero-order valence-electron chi connectivity index (χ0n) is 24.5. The standard InChI is InChI=1S/C38H31N3O3S/c42-36-34(27-28-18-20-33(21-19-28)44-26-25-40-24-22-29-11-10-23-39-35(29)40)45-37(43)41(36)38(30-12-4-1-5-13-30,31-14-6-2-7-15-31)32-16-8-3-9-17-32/h1-24,42H,25-27H2. The van der Waals surface area contributed by atoms with Crippen molar-refractivity contribution < 1.29 is 9.84 Å². The van der Waals surface area contributed by atoms with Crippen LogP contribution in [0, 0.1) is 0 Å². The van der Waals surface area contributed by atoms with E-state index in [-0.39, 0.29) is 10.8 Å². The van der Waals surface area contributed by atoms with Gasteiger partial charge in [-0.25, -0.2) is 4.98 Å². The number of fused-ring (bicyclic) bond motifs is 1. The molecule has 0 aliphatic carbocycles. The van der Waals surface area contributed by atoms with E-state index in [1.54, 1.807) is 10.8 Å². The van der Waals surface area contributed by atoms with Gasteiger partial charge in [0.15, 0.2) is 0 Å². The van der Waals surface area contributed by atoms with Gasteiger partial charge in [-0.05, 0) is 52.6 Å². The fourth-order valence-corrected chi connectivity index (χ4v) is 7.04. The van der Waals surface area contributed by atoms with E-state index in [2.05, 4.69) is 15.6 Å². The highest BCUT2D eigenvalue weighted by Gasteiger charge is 2.42. The zero-order chi connectivity index (χ0) is 30.6. The summed E-state index contributed by atoms with van der Waals surface area (Å²) in [5, 5.41) is 13.0. The highest BCUT2D eigenvalue weighted by Crippen LogP contribution is 2.43. The summed E-state index contributed by atoms with van der Waals surface area (Å²) in [7, 11) is 0. The summed E-state index contributed by atoms with van der Waals surface area (Å²) in [6, 6.07) is 43.6. The molecule has 1 N–H and O–H groups in total. The Hall–Kier alpha value is -5.40. The molecule has 222 valence electrons. The number of aromatic nitrogens is 3. The second-order valence-corrected chi connectivity index (χ2v) is 11.9. The molecule has 0 saturated heterocycles. The van der Waals surface area contributed by atoms with Crippen LogP contribution in [0.5, 0.6) is 11.6 Å². The maximum absolute atomic E-state index is 14.0. The van der Waals surface area contributed by atoms with Crippen LogP contribution in [-0.2, 0) is 18.5 Å². The lowest BCUT2D eigenvalue weighted by atomic mass is 9.76. The lowest BCUT2D eigenvalue weighted by Crippen LogP contribution is -2.42. The number of benzene rings is 4. The average molecular weight is 610 g/mol. The van der Waals surface area contributed by atoms with Crippen LogP contribution in [0.4, 0.5) is 0 Å². The van der Waals surface area contributed by atoms with Crippen molar-refractivity contribution in [2.45, 2.75) is 18.5 Å². The third-order valence-electron chi connectivity index (χ3n) is 8.18. The highest BCUT2D eigenvalue weighted by atomic mass is 32.1. The normalized spacial score (nSPS) is 11.6. The molecule has 7 heteroatoms. The summed E-state index contributed by atoms with van der Waals surface area (Å²) < 4.78 is 9.67. The molecule has 0 aliphatic rings. The number of hydrogen-bond acceptors (Lipinski definition) is 5. The van der Waals surface area contributed by atoms with Crippen LogP contribution in [0.25, 0.3) is 11.0 Å². The SMILES string of the molecule is O=c1sc(Cc2ccc(OCCn3ccc4cccnc43)cc2)c(O)n1C(c1ccccc1)(c1ccccc1)c1ccccc1. The number of ether oxygens (including phenoxy) is 1. The molecule has 7 aromatic rings. The minimum absolute atomic E-state index is 0.0329. The van der Waals surface area contributed by atoms with Gasteiger partial charge in [0.1, 0.15) is 23.5 Å². The Morgan fingerprint density at radius 2 is 1.33 bits per heavy atom. The van der Waals surface area contributed by atoms with Gasteiger partial charge in [0.05, 0.1) is 11.4 Å². The summed E-state index contributed by atoms with van der Waals surface area (Å²) in [5.41, 5.74) is 3.49. The van der Waals surface area contributed by atoms with Gasteiger partial charge in [-0.2, -0.15) is 0 Å². The minimum Gasteiger partial charge on any atom is -0.494 e. The third-order valence-corrected chi connectivity index (χ3v) is 9.11. The molecule has 0 spiro atoms. The van der Waals surface area contributed by atoms with Gasteiger partial charge in [0.2, 0.25) is 5.88 Å². The first-order chi connectivity index (χ1) is 22.1. The van der Waals surface area contributed by atoms with Gasteiger partial charge >= 0.3 is 4.87 Å². The topological polar surface area (TPSA) is 69.3 Å². The molecule has 0 aliphatic heterocycles. The molecule has 0 atom stereocenters. The molecule has 6 nitrogen and oxygen atoms in total. The molecular weight excluding hydrogens is 579 g/mol. The van der Waals surface area contributed by atoms with Crippen molar-refractivity contribution in [3.05, 3.63) is 183 Å². The van der Waals surface area contributed by atoms with Crippen molar-refractivity contribution in [1.29, 1.82) is 0 Å². The van der Waals surface area contributed by atoms with Crippen LogP contribution in [0.1, 0.15) is 27.1 Å². The first-order valence-electron chi connectivity index (χ1n) is 14.9. The van der Waals surface area contributed by atoms with E-state index in [1.807, 2.05) is 134 Å². The van der Waals surface area contributed by atoms with E-state index in [0.717, 1.165) is 50.4 Å². The van der Waals surface area contributed by atoms with Crippen LogP contribution in [-0.4, -0.2) is 25.8 Å². The second kappa shape index (κ2) is 12.3. The van der Waals surface area contributed by atoms with Crippen molar-refractivity contribution in [3.8, 4) is 11.6 Å². The van der Waals surface area contributed by atoms with Gasteiger partial charge in [-0.3, -0.25) is 9.36 Å². The minimum atomic E-state index is -1.07. The quantitative estimate of drug-likeness (QED) is 0.163. The smallest absolute Gasteiger partial charge is 0.311 e. The Balaban J connectivity index is 1.19.